The van der Waals surface area contributed by atoms with Gasteiger partial charge in [-0.1, -0.05) is 52.9 Å². The molecular weight excluding hydrogens is 361 g/mol. The van der Waals surface area contributed by atoms with Crippen molar-refractivity contribution in [3.63, 3.8) is 0 Å². The fraction of sp³-hybridized carbons (Fsp3) is 0.789. The first kappa shape index (κ1) is 28.5. The standard InChI is InChI=1S/C19H34N.2ClH.Ti/c1-7-9-12-20(13-10-8-2)14-11-19(6)15-16(3)17(4)18(19)5;;;/h7-14H2,1-6H3;2*1H;/q-1;;;+3/p-2. The van der Waals surface area contributed by atoms with Gasteiger partial charge in [-0.3, -0.25) is 6.08 Å². The minimum atomic E-state index is 0. The van der Waals surface area contributed by atoms with Crippen molar-refractivity contribution in [1.82, 2.24) is 4.90 Å². The van der Waals surface area contributed by atoms with E-state index in [2.05, 4.69) is 52.5 Å². The molecule has 0 N–H and O–H groups in total. The average molecular weight is 395 g/mol. The van der Waals surface area contributed by atoms with E-state index in [1.165, 1.54) is 68.5 Å². The maximum atomic E-state index is 3.71. The number of allylic oxidation sites excluding steroid dienone is 4. The molecule has 1 nitrogen and oxygen atoms in total. The zero-order chi connectivity index (χ0) is 15.2. The van der Waals surface area contributed by atoms with Crippen LogP contribution < -0.4 is 24.8 Å². The Morgan fingerprint density at radius 3 is 1.74 bits per heavy atom. The van der Waals surface area contributed by atoms with Crippen molar-refractivity contribution >= 4 is 0 Å². The monoisotopic (exact) mass is 394 g/mol. The van der Waals surface area contributed by atoms with Crippen LogP contribution in [0.5, 0.6) is 0 Å². The number of hydrogen-bond acceptors (Lipinski definition) is 1. The summed E-state index contributed by atoms with van der Waals surface area (Å²) in [5.41, 5.74) is 4.52. The van der Waals surface area contributed by atoms with Crippen molar-refractivity contribution in [3.05, 3.63) is 22.8 Å². The third-order valence-corrected chi connectivity index (χ3v) is 5.00. The molecule has 4 heteroatoms. The van der Waals surface area contributed by atoms with Gasteiger partial charge in [-0.2, -0.15) is 11.1 Å². The molecule has 0 spiro atoms. The molecule has 1 aliphatic rings. The first-order valence-electron chi connectivity index (χ1n) is 8.47. The quantitative estimate of drug-likeness (QED) is 0.372. The summed E-state index contributed by atoms with van der Waals surface area (Å²) in [5, 5.41) is 0. The molecule has 133 valence electrons. The van der Waals surface area contributed by atoms with Gasteiger partial charge in [0.15, 0.2) is 0 Å². The maximum Gasteiger partial charge on any atom is 3.00 e. The topological polar surface area (TPSA) is 3.24 Å². The summed E-state index contributed by atoms with van der Waals surface area (Å²) >= 11 is 0. The van der Waals surface area contributed by atoms with Crippen molar-refractivity contribution in [3.8, 4) is 0 Å². The second-order valence-corrected chi connectivity index (χ2v) is 6.63. The zero-order valence-corrected chi connectivity index (χ0v) is 18.9. The summed E-state index contributed by atoms with van der Waals surface area (Å²) in [6, 6.07) is 0. The predicted octanol–water partition coefficient (Wildman–Crippen LogP) is -0.610. The largest absolute Gasteiger partial charge is 3.00 e. The molecule has 0 bridgehead atoms. The van der Waals surface area contributed by atoms with Gasteiger partial charge >= 0.3 is 21.7 Å². The predicted molar refractivity (Wildman–Crippen MR) is 89.8 cm³/mol. The zero-order valence-electron chi connectivity index (χ0n) is 15.9. The van der Waals surface area contributed by atoms with E-state index in [1.54, 1.807) is 0 Å². The van der Waals surface area contributed by atoms with Crippen LogP contribution in [0.25, 0.3) is 0 Å². The van der Waals surface area contributed by atoms with Crippen LogP contribution in [0.1, 0.15) is 73.6 Å². The molecule has 0 saturated heterocycles. The van der Waals surface area contributed by atoms with Crippen LogP contribution in [0.2, 0.25) is 0 Å². The van der Waals surface area contributed by atoms with E-state index in [1.807, 2.05) is 0 Å². The molecule has 0 aromatic carbocycles. The number of unbranched alkanes of at least 4 members (excludes halogenated alkanes) is 2. The summed E-state index contributed by atoms with van der Waals surface area (Å²) in [5.74, 6) is 0. The molecule has 0 aromatic rings. The van der Waals surface area contributed by atoms with E-state index < -0.39 is 0 Å². The van der Waals surface area contributed by atoms with Gasteiger partial charge in [-0.05, 0) is 38.9 Å². The summed E-state index contributed by atoms with van der Waals surface area (Å²) in [4.78, 5) is 2.66. The molecule has 0 aliphatic heterocycles. The second kappa shape index (κ2) is 14.0. The number of rotatable bonds is 9. The molecule has 0 aromatic heterocycles. The number of hydrogen-bond donors (Lipinski definition) is 0. The first-order valence-corrected chi connectivity index (χ1v) is 8.47. The molecule has 23 heavy (non-hydrogen) atoms. The van der Waals surface area contributed by atoms with Crippen molar-refractivity contribution in [1.29, 1.82) is 0 Å². The Bertz CT molecular complexity index is 372. The summed E-state index contributed by atoms with van der Waals surface area (Å²) in [6.07, 6.45) is 10.2. The molecule has 0 amide bonds. The minimum absolute atomic E-state index is 0. The van der Waals surface area contributed by atoms with Gasteiger partial charge in [0.25, 0.3) is 0 Å². The summed E-state index contributed by atoms with van der Waals surface area (Å²) in [6.45, 7) is 17.4. The van der Waals surface area contributed by atoms with E-state index in [4.69, 9.17) is 0 Å². The van der Waals surface area contributed by atoms with Crippen LogP contribution in [0.15, 0.2) is 16.7 Å². The van der Waals surface area contributed by atoms with Crippen LogP contribution in [0.3, 0.4) is 0 Å². The summed E-state index contributed by atoms with van der Waals surface area (Å²) in [7, 11) is 0. The van der Waals surface area contributed by atoms with Crippen LogP contribution in [0, 0.1) is 11.5 Å². The van der Waals surface area contributed by atoms with Crippen LogP contribution in [0.4, 0.5) is 0 Å². The van der Waals surface area contributed by atoms with E-state index in [0.717, 1.165) is 0 Å². The Kier molecular flexibility index (Phi) is 17.3. The Labute approximate surface area is 172 Å². The number of nitrogens with zero attached hydrogens (tertiary/aromatic N) is 1. The Balaban J connectivity index is -0.00000133. The van der Waals surface area contributed by atoms with Crippen molar-refractivity contribution in [2.45, 2.75) is 73.6 Å². The van der Waals surface area contributed by atoms with Crippen LogP contribution in [-0.2, 0) is 21.7 Å². The van der Waals surface area contributed by atoms with E-state index >= 15 is 0 Å². The third kappa shape index (κ3) is 8.59. The van der Waals surface area contributed by atoms with Gasteiger partial charge in [-0.25, -0.2) is 5.57 Å². The van der Waals surface area contributed by atoms with Gasteiger partial charge in [0, 0.05) is 0 Å². The van der Waals surface area contributed by atoms with Gasteiger partial charge in [0.05, 0.1) is 0 Å². The van der Waals surface area contributed by atoms with E-state index in [-0.39, 0.29) is 51.9 Å². The van der Waals surface area contributed by atoms with Gasteiger partial charge in [0.1, 0.15) is 0 Å². The second-order valence-electron chi connectivity index (χ2n) is 6.63. The van der Waals surface area contributed by atoms with Crippen molar-refractivity contribution in [2.75, 3.05) is 19.6 Å². The SMILES string of the molecule is CCCCN(CCCC)CCC1(C)[C-]=C(C)C(C)=C1C.[Cl-].[Cl-].[Ti+3]. The minimum Gasteiger partial charge on any atom is -1.00 e. The molecule has 1 atom stereocenters. The third-order valence-electron chi connectivity index (χ3n) is 5.00. The van der Waals surface area contributed by atoms with Gasteiger partial charge in [0.2, 0.25) is 0 Å². The van der Waals surface area contributed by atoms with Crippen molar-refractivity contribution < 1.29 is 46.5 Å². The molecule has 1 radical (unpaired) electrons. The van der Waals surface area contributed by atoms with E-state index in [0.29, 0.717) is 0 Å². The Hall–Kier alpha value is 0.734. The molecule has 1 unspecified atom stereocenters. The van der Waals surface area contributed by atoms with Gasteiger partial charge < -0.3 is 29.7 Å². The Morgan fingerprint density at radius 2 is 1.39 bits per heavy atom. The van der Waals surface area contributed by atoms with Crippen LogP contribution in [-0.4, -0.2) is 24.5 Å². The maximum absolute atomic E-state index is 3.71. The van der Waals surface area contributed by atoms with Crippen molar-refractivity contribution in [2.24, 2.45) is 5.41 Å². The normalized spacial score (nSPS) is 19.9. The van der Waals surface area contributed by atoms with Crippen LogP contribution >= 0.6 is 0 Å². The van der Waals surface area contributed by atoms with Gasteiger partial charge in [-0.15, -0.1) is 6.92 Å². The Morgan fingerprint density at radius 1 is 0.913 bits per heavy atom. The average Bonchev–Trinajstić information content (AvgIpc) is 2.62. The molecule has 1 aliphatic carbocycles. The van der Waals surface area contributed by atoms with E-state index in [9.17, 15) is 0 Å². The molecule has 1 rings (SSSR count). The fourth-order valence-corrected chi connectivity index (χ4v) is 3.03. The molecule has 0 fully saturated rings. The summed E-state index contributed by atoms with van der Waals surface area (Å²) < 4.78 is 0. The molecule has 0 heterocycles. The molecule has 0 saturated carbocycles. The fourth-order valence-electron chi connectivity index (χ4n) is 3.03. The first-order chi connectivity index (χ1) is 9.44. The number of halogens is 2. The smallest absolute Gasteiger partial charge is 1.00 e. The molecular formula is C19H34Cl2NTi.